The minimum absolute atomic E-state index is 0.301. The van der Waals surface area contributed by atoms with Gasteiger partial charge in [-0.2, -0.15) is 5.26 Å². The highest BCUT2D eigenvalue weighted by atomic mass is 35.5. The molecule has 3 nitrogen and oxygen atoms in total. The van der Waals surface area contributed by atoms with E-state index >= 15 is 0 Å². The average Bonchev–Trinajstić information content (AvgIpc) is 2.48. The van der Waals surface area contributed by atoms with Crippen LogP contribution in [0.2, 0.25) is 5.02 Å². The summed E-state index contributed by atoms with van der Waals surface area (Å²) in [5.41, 5.74) is -0.320. The molecule has 0 bridgehead atoms. The first kappa shape index (κ1) is 15.4. The highest BCUT2D eigenvalue weighted by Gasteiger charge is 2.23. The van der Waals surface area contributed by atoms with Gasteiger partial charge in [0.05, 0.1) is 11.7 Å². The van der Waals surface area contributed by atoms with E-state index in [1.807, 2.05) is 24.3 Å². The standard InChI is InChI=1S/C17H16ClNO2/c1-17(20,10-3-11-19)13-4-2-5-16(12-13)21-15-8-6-14(18)7-9-15/h2,4-9,12,20H,3,10H2,1H3. The lowest BCUT2D eigenvalue weighted by Crippen LogP contribution is -2.20. The lowest BCUT2D eigenvalue weighted by Gasteiger charge is -2.23. The Morgan fingerprint density at radius 1 is 1.19 bits per heavy atom. The van der Waals surface area contributed by atoms with Crippen molar-refractivity contribution in [3.8, 4) is 17.6 Å². The molecule has 1 atom stereocenters. The van der Waals surface area contributed by atoms with Gasteiger partial charge in [0.1, 0.15) is 11.5 Å². The number of rotatable bonds is 5. The molecule has 0 fully saturated rings. The van der Waals surface area contributed by atoms with Gasteiger partial charge in [-0.05, 0) is 55.3 Å². The molecular formula is C17H16ClNO2. The first-order chi connectivity index (χ1) is 10.0. The monoisotopic (exact) mass is 301 g/mol. The van der Waals surface area contributed by atoms with E-state index in [0.717, 1.165) is 5.56 Å². The van der Waals surface area contributed by atoms with E-state index in [9.17, 15) is 5.11 Å². The maximum absolute atomic E-state index is 10.4. The molecule has 1 N–H and O–H groups in total. The molecule has 0 amide bonds. The summed E-state index contributed by atoms with van der Waals surface area (Å²) in [7, 11) is 0. The van der Waals surface area contributed by atoms with Crippen molar-refractivity contribution in [1.82, 2.24) is 0 Å². The van der Waals surface area contributed by atoms with Crippen LogP contribution in [0.3, 0.4) is 0 Å². The van der Waals surface area contributed by atoms with Crippen LogP contribution in [0.15, 0.2) is 48.5 Å². The Morgan fingerprint density at radius 2 is 1.90 bits per heavy atom. The third-order valence-corrected chi connectivity index (χ3v) is 3.48. The fourth-order valence-corrected chi connectivity index (χ4v) is 2.10. The summed E-state index contributed by atoms with van der Waals surface area (Å²) in [6, 6.07) is 16.4. The lowest BCUT2D eigenvalue weighted by atomic mass is 9.91. The number of benzene rings is 2. The maximum Gasteiger partial charge on any atom is 0.127 e. The zero-order valence-electron chi connectivity index (χ0n) is 11.7. The molecule has 0 radical (unpaired) electrons. The third-order valence-electron chi connectivity index (χ3n) is 3.23. The second kappa shape index (κ2) is 6.62. The zero-order chi connectivity index (χ0) is 15.3. The average molecular weight is 302 g/mol. The minimum Gasteiger partial charge on any atom is -0.457 e. The molecule has 2 rings (SSSR count). The predicted molar refractivity (Wildman–Crippen MR) is 82.4 cm³/mol. The summed E-state index contributed by atoms with van der Waals surface area (Å²) in [4.78, 5) is 0. The van der Waals surface area contributed by atoms with E-state index < -0.39 is 5.60 Å². The summed E-state index contributed by atoms with van der Waals surface area (Å²) in [6.45, 7) is 1.70. The van der Waals surface area contributed by atoms with Crippen LogP contribution < -0.4 is 4.74 Å². The van der Waals surface area contributed by atoms with Crippen molar-refractivity contribution in [3.05, 3.63) is 59.1 Å². The first-order valence-electron chi connectivity index (χ1n) is 6.64. The number of nitrogens with zero attached hydrogens (tertiary/aromatic N) is 1. The molecule has 0 saturated carbocycles. The van der Waals surface area contributed by atoms with Crippen molar-refractivity contribution < 1.29 is 9.84 Å². The van der Waals surface area contributed by atoms with Gasteiger partial charge in [0.15, 0.2) is 0 Å². The van der Waals surface area contributed by atoms with Gasteiger partial charge in [0.2, 0.25) is 0 Å². The van der Waals surface area contributed by atoms with Crippen LogP contribution >= 0.6 is 11.6 Å². The van der Waals surface area contributed by atoms with E-state index in [-0.39, 0.29) is 0 Å². The Balaban J connectivity index is 2.17. The van der Waals surface area contributed by atoms with Gasteiger partial charge >= 0.3 is 0 Å². The van der Waals surface area contributed by atoms with Gasteiger partial charge in [-0.1, -0.05) is 23.7 Å². The van der Waals surface area contributed by atoms with Crippen LogP contribution in [0.25, 0.3) is 0 Å². The van der Waals surface area contributed by atoms with Crippen LogP contribution in [-0.2, 0) is 5.60 Å². The fourth-order valence-electron chi connectivity index (χ4n) is 1.98. The predicted octanol–water partition coefficient (Wildman–Crippen LogP) is 4.64. The Morgan fingerprint density at radius 3 is 2.57 bits per heavy atom. The van der Waals surface area contributed by atoms with Crippen LogP contribution in [0.5, 0.6) is 11.5 Å². The molecule has 0 heterocycles. The normalized spacial score (nSPS) is 13.2. The summed E-state index contributed by atoms with van der Waals surface area (Å²) in [5, 5.41) is 19.7. The van der Waals surface area contributed by atoms with Gasteiger partial charge in [-0.25, -0.2) is 0 Å². The Labute approximate surface area is 129 Å². The Kier molecular flexibility index (Phi) is 4.85. The highest BCUT2D eigenvalue weighted by Crippen LogP contribution is 2.30. The fraction of sp³-hybridized carbons (Fsp3) is 0.235. The number of aliphatic hydroxyl groups is 1. The van der Waals surface area contributed by atoms with Crippen molar-refractivity contribution in [3.63, 3.8) is 0 Å². The second-order valence-electron chi connectivity index (χ2n) is 5.02. The first-order valence-corrected chi connectivity index (χ1v) is 7.02. The molecule has 0 aliphatic heterocycles. The number of nitriles is 1. The van der Waals surface area contributed by atoms with Crippen molar-refractivity contribution in [2.45, 2.75) is 25.4 Å². The van der Waals surface area contributed by atoms with Crippen molar-refractivity contribution in [1.29, 1.82) is 5.26 Å². The minimum atomic E-state index is -1.05. The van der Waals surface area contributed by atoms with Crippen molar-refractivity contribution in [2.75, 3.05) is 0 Å². The van der Waals surface area contributed by atoms with E-state index in [2.05, 4.69) is 0 Å². The third kappa shape index (κ3) is 4.22. The van der Waals surface area contributed by atoms with E-state index in [0.29, 0.717) is 29.4 Å². The molecule has 0 spiro atoms. The summed E-state index contributed by atoms with van der Waals surface area (Å²) >= 11 is 5.83. The molecule has 0 aromatic heterocycles. The lowest BCUT2D eigenvalue weighted by molar-refractivity contribution is 0.0490. The molecule has 4 heteroatoms. The molecule has 21 heavy (non-hydrogen) atoms. The molecule has 0 aliphatic rings. The molecule has 1 unspecified atom stereocenters. The number of hydrogen-bond acceptors (Lipinski definition) is 3. The van der Waals surface area contributed by atoms with Crippen LogP contribution in [0, 0.1) is 11.3 Å². The number of halogens is 1. The highest BCUT2D eigenvalue weighted by molar-refractivity contribution is 6.30. The molecule has 2 aromatic carbocycles. The van der Waals surface area contributed by atoms with Gasteiger partial charge < -0.3 is 9.84 Å². The second-order valence-corrected chi connectivity index (χ2v) is 5.45. The van der Waals surface area contributed by atoms with Gasteiger partial charge in [-0.15, -0.1) is 0 Å². The van der Waals surface area contributed by atoms with Gasteiger partial charge in [0, 0.05) is 11.4 Å². The Bertz CT molecular complexity index is 645. The largest absolute Gasteiger partial charge is 0.457 e. The topological polar surface area (TPSA) is 53.2 Å². The van der Waals surface area contributed by atoms with Crippen LogP contribution in [0.1, 0.15) is 25.3 Å². The molecular weight excluding hydrogens is 286 g/mol. The molecule has 108 valence electrons. The molecule has 2 aromatic rings. The quantitative estimate of drug-likeness (QED) is 0.875. The van der Waals surface area contributed by atoms with Crippen LogP contribution in [-0.4, -0.2) is 5.11 Å². The van der Waals surface area contributed by atoms with Crippen molar-refractivity contribution in [2.24, 2.45) is 0 Å². The van der Waals surface area contributed by atoms with E-state index in [1.54, 1.807) is 37.3 Å². The zero-order valence-corrected chi connectivity index (χ0v) is 12.5. The maximum atomic E-state index is 10.4. The van der Waals surface area contributed by atoms with Crippen molar-refractivity contribution >= 4 is 11.6 Å². The SMILES string of the molecule is CC(O)(CCC#N)c1cccc(Oc2ccc(Cl)cc2)c1. The van der Waals surface area contributed by atoms with E-state index in [4.69, 9.17) is 21.6 Å². The molecule has 0 aliphatic carbocycles. The molecule has 0 saturated heterocycles. The van der Waals surface area contributed by atoms with Gasteiger partial charge in [-0.3, -0.25) is 0 Å². The smallest absolute Gasteiger partial charge is 0.127 e. The Hall–Kier alpha value is -2.02. The van der Waals surface area contributed by atoms with Crippen LogP contribution in [0.4, 0.5) is 0 Å². The van der Waals surface area contributed by atoms with Gasteiger partial charge in [0.25, 0.3) is 0 Å². The number of hydrogen-bond donors (Lipinski definition) is 1. The number of ether oxygens (including phenoxy) is 1. The summed E-state index contributed by atoms with van der Waals surface area (Å²) < 4.78 is 5.74. The summed E-state index contributed by atoms with van der Waals surface area (Å²) in [6.07, 6.45) is 0.684. The van der Waals surface area contributed by atoms with E-state index in [1.165, 1.54) is 0 Å². The summed E-state index contributed by atoms with van der Waals surface area (Å²) in [5.74, 6) is 1.31.